The van der Waals surface area contributed by atoms with Crippen LogP contribution in [0.5, 0.6) is 0 Å². The number of nitrogens with zero attached hydrogens (tertiary/aromatic N) is 2. The second kappa shape index (κ2) is 10.9. The van der Waals surface area contributed by atoms with Gasteiger partial charge in [-0.15, -0.1) is 0 Å². The molecule has 0 spiro atoms. The first kappa shape index (κ1) is 22.8. The highest BCUT2D eigenvalue weighted by molar-refractivity contribution is 6.35. The van der Waals surface area contributed by atoms with Gasteiger partial charge in [0.2, 0.25) is 5.91 Å². The summed E-state index contributed by atoms with van der Waals surface area (Å²) in [5, 5.41) is 3.81. The first-order chi connectivity index (χ1) is 13.3. The second-order valence-corrected chi connectivity index (χ2v) is 8.73. The third-order valence-corrected chi connectivity index (χ3v) is 5.55. The molecular weight excluding hydrogens is 397 g/mol. The monoisotopic (exact) mass is 427 g/mol. The first-order valence-electron chi connectivity index (χ1n) is 10.1. The van der Waals surface area contributed by atoms with Crippen LogP contribution in [-0.2, 0) is 4.79 Å². The molecule has 5 nitrogen and oxygen atoms in total. The SMILES string of the molecule is CCC[C@@H](CCC(C)C)C(=O)NC(=O)N1CCN(c2cc(Cl)cc(Cl)c2)CC1. The minimum atomic E-state index is -0.292. The Balaban J connectivity index is 1.87. The number of carbonyl (C=O) groups excluding carboxylic acids is 2. The normalized spacial score (nSPS) is 15.6. The highest BCUT2D eigenvalue weighted by Gasteiger charge is 2.25. The summed E-state index contributed by atoms with van der Waals surface area (Å²) >= 11 is 12.2. The van der Waals surface area contributed by atoms with E-state index in [0.29, 0.717) is 42.1 Å². The molecule has 1 aliphatic heterocycles. The molecule has 1 atom stereocenters. The maximum absolute atomic E-state index is 12.6. The molecule has 0 aromatic heterocycles. The molecule has 1 aromatic rings. The Morgan fingerprint density at radius 3 is 2.14 bits per heavy atom. The van der Waals surface area contributed by atoms with E-state index in [2.05, 4.69) is 31.0 Å². The van der Waals surface area contributed by atoms with Crippen molar-refractivity contribution in [2.75, 3.05) is 31.1 Å². The van der Waals surface area contributed by atoms with Gasteiger partial charge in [-0.05, 0) is 37.0 Å². The molecule has 1 aliphatic rings. The maximum Gasteiger partial charge on any atom is 0.324 e. The van der Waals surface area contributed by atoms with Crippen LogP contribution < -0.4 is 10.2 Å². The number of rotatable bonds is 7. The quantitative estimate of drug-likeness (QED) is 0.649. The molecular formula is C21H31Cl2N3O2. The van der Waals surface area contributed by atoms with E-state index >= 15 is 0 Å². The van der Waals surface area contributed by atoms with Crippen molar-refractivity contribution in [3.63, 3.8) is 0 Å². The van der Waals surface area contributed by atoms with Gasteiger partial charge in [0.25, 0.3) is 0 Å². The molecule has 28 heavy (non-hydrogen) atoms. The molecule has 0 unspecified atom stereocenters. The Kier molecular flexibility index (Phi) is 8.90. The molecule has 0 saturated carbocycles. The highest BCUT2D eigenvalue weighted by Crippen LogP contribution is 2.26. The summed E-state index contributed by atoms with van der Waals surface area (Å²) in [7, 11) is 0. The van der Waals surface area contributed by atoms with Crippen molar-refractivity contribution in [1.29, 1.82) is 0 Å². The lowest BCUT2D eigenvalue weighted by Crippen LogP contribution is -2.53. The molecule has 0 radical (unpaired) electrons. The summed E-state index contributed by atoms with van der Waals surface area (Å²) in [4.78, 5) is 28.9. The molecule has 3 amide bonds. The Morgan fingerprint density at radius 2 is 1.61 bits per heavy atom. The van der Waals surface area contributed by atoms with Gasteiger partial charge < -0.3 is 9.80 Å². The van der Waals surface area contributed by atoms with Crippen LogP contribution in [0.3, 0.4) is 0 Å². The lowest BCUT2D eigenvalue weighted by molar-refractivity contribution is -0.124. The fourth-order valence-corrected chi connectivity index (χ4v) is 3.98. The Bertz CT molecular complexity index is 653. The van der Waals surface area contributed by atoms with Crippen molar-refractivity contribution < 1.29 is 9.59 Å². The van der Waals surface area contributed by atoms with E-state index in [0.717, 1.165) is 31.4 Å². The van der Waals surface area contributed by atoms with Gasteiger partial charge in [-0.3, -0.25) is 10.1 Å². The summed E-state index contributed by atoms with van der Waals surface area (Å²) in [6.07, 6.45) is 3.57. The highest BCUT2D eigenvalue weighted by atomic mass is 35.5. The Hall–Kier alpha value is -1.46. The van der Waals surface area contributed by atoms with Gasteiger partial charge in [0.05, 0.1) is 0 Å². The number of hydrogen-bond donors (Lipinski definition) is 1. The van der Waals surface area contributed by atoms with E-state index in [-0.39, 0.29) is 17.9 Å². The van der Waals surface area contributed by atoms with Crippen molar-refractivity contribution >= 4 is 40.8 Å². The van der Waals surface area contributed by atoms with Gasteiger partial charge in [0.1, 0.15) is 0 Å². The standard InChI is InChI=1S/C21H31Cl2N3O2/c1-4-5-16(7-6-15(2)3)20(27)24-21(28)26-10-8-25(9-11-26)19-13-17(22)12-18(23)14-19/h12-16H,4-11H2,1-3H3,(H,24,27,28)/t16-/m0/s1. The molecule has 1 fully saturated rings. The Morgan fingerprint density at radius 1 is 1.00 bits per heavy atom. The van der Waals surface area contributed by atoms with E-state index in [9.17, 15) is 9.59 Å². The average Bonchev–Trinajstić information content (AvgIpc) is 2.64. The van der Waals surface area contributed by atoms with Gasteiger partial charge in [-0.1, -0.05) is 56.8 Å². The van der Waals surface area contributed by atoms with Gasteiger partial charge in [0.15, 0.2) is 0 Å². The summed E-state index contributed by atoms with van der Waals surface area (Å²) in [6.45, 7) is 8.81. The predicted octanol–water partition coefficient (Wildman–Crippen LogP) is 5.20. The van der Waals surface area contributed by atoms with Gasteiger partial charge in [-0.25, -0.2) is 4.79 Å². The first-order valence-corrected chi connectivity index (χ1v) is 10.9. The van der Waals surface area contributed by atoms with Crippen LogP contribution in [-0.4, -0.2) is 43.0 Å². The van der Waals surface area contributed by atoms with Crippen LogP contribution in [0.15, 0.2) is 18.2 Å². The van der Waals surface area contributed by atoms with Gasteiger partial charge in [-0.2, -0.15) is 0 Å². The number of benzene rings is 1. The van der Waals surface area contributed by atoms with Crippen LogP contribution in [0.1, 0.15) is 46.5 Å². The predicted molar refractivity (Wildman–Crippen MR) is 116 cm³/mol. The molecule has 156 valence electrons. The Labute approximate surface area is 178 Å². The summed E-state index contributed by atoms with van der Waals surface area (Å²) < 4.78 is 0. The molecule has 1 aromatic carbocycles. The molecule has 1 heterocycles. The topological polar surface area (TPSA) is 52.7 Å². The van der Waals surface area contributed by atoms with Crippen molar-refractivity contribution in [2.24, 2.45) is 11.8 Å². The number of anilines is 1. The zero-order valence-corrected chi connectivity index (χ0v) is 18.5. The second-order valence-electron chi connectivity index (χ2n) is 7.85. The number of amides is 3. The van der Waals surface area contributed by atoms with Gasteiger partial charge >= 0.3 is 6.03 Å². The number of piperazine rings is 1. The number of carbonyl (C=O) groups is 2. The van der Waals surface area contributed by atoms with Crippen LogP contribution in [0.25, 0.3) is 0 Å². The molecule has 0 aliphatic carbocycles. The molecule has 1 saturated heterocycles. The summed E-state index contributed by atoms with van der Waals surface area (Å²) in [6, 6.07) is 5.15. The van der Waals surface area contributed by atoms with Gasteiger partial charge in [0, 0.05) is 47.8 Å². The number of nitrogens with one attached hydrogen (secondary N) is 1. The molecule has 7 heteroatoms. The fraction of sp³-hybridized carbons (Fsp3) is 0.619. The smallest absolute Gasteiger partial charge is 0.324 e. The van der Waals surface area contributed by atoms with Crippen LogP contribution in [0, 0.1) is 11.8 Å². The van der Waals surface area contributed by atoms with Crippen LogP contribution in [0.4, 0.5) is 10.5 Å². The van der Waals surface area contributed by atoms with E-state index in [1.54, 1.807) is 11.0 Å². The molecule has 2 rings (SSSR count). The van der Waals surface area contributed by atoms with Crippen LogP contribution in [0.2, 0.25) is 10.0 Å². The summed E-state index contributed by atoms with van der Waals surface area (Å²) in [5.74, 6) is 0.318. The number of urea groups is 1. The minimum absolute atomic E-state index is 0.0914. The largest absolute Gasteiger partial charge is 0.368 e. The van der Waals surface area contributed by atoms with Crippen molar-refractivity contribution in [3.05, 3.63) is 28.2 Å². The zero-order chi connectivity index (χ0) is 20.7. The van der Waals surface area contributed by atoms with E-state index in [4.69, 9.17) is 23.2 Å². The van der Waals surface area contributed by atoms with Crippen molar-refractivity contribution in [3.8, 4) is 0 Å². The van der Waals surface area contributed by atoms with E-state index in [1.807, 2.05) is 12.1 Å². The molecule has 1 N–H and O–H groups in total. The maximum atomic E-state index is 12.6. The summed E-state index contributed by atoms with van der Waals surface area (Å²) in [5.41, 5.74) is 0.949. The fourth-order valence-electron chi connectivity index (χ4n) is 3.47. The van der Waals surface area contributed by atoms with Crippen LogP contribution >= 0.6 is 23.2 Å². The minimum Gasteiger partial charge on any atom is -0.368 e. The lowest BCUT2D eigenvalue weighted by Gasteiger charge is -2.36. The molecule has 0 bridgehead atoms. The number of halogens is 2. The third-order valence-electron chi connectivity index (χ3n) is 5.11. The van der Waals surface area contributed by atoms with Crippen molar-refractivity contribution in [1.82, 2.24) is 10.2 Å². The average molecular weight is 428 g/mol. The number of hydrogen-bond acceptors (Lipinski definition) is 3. The zero-order valence-electron chi connectivity index (χ0n) is 17.0. The van der Waals surface area contributed by atoms with E-state index < -0.39 is 0 Å². The number of imide groups is 1. The third kappa shape index (κ3) is 6.85. The lowest BCUT2D eigenvalue weighted by atomic mass is 9.93. The van der Waals surface area contributed by atoms with Crippen molar-refractivity contribution in [2.45, 2.75) is 46.5 Å². The van der Waals surface area contributed by atoms with E-state index in [1.165, 1.54) is 0 Å².